The van der Waals surface area contributed by atoms with E-state index in [1.54, 1.807) is 36.4 Å². The number of carboxylic acids is 3. The molecule has 0 N–H and O–H groups in total. The summed E-state index contributed by atoms with van der Waals surface area (Å²) in [6.45, 7) is 0. The van der Waals surface area contributed by atoms with Crippen LogP contribution in [0.15, 0.2) is 73.2 Å². The number of carbonyl (C=O) groups excluding carboxylic acids is 3. The second kappa shape index (κ2) is 14.5. The van der Waals surface area contributed by atoms with Gasteiger partial charge in [-0.2, -0.15) is 0 Å². The first-order valence-corrected chi connectivity index (χ1v) is 7.29. The Morgan fingerprint density at radius 2 is 0.786 bits per heavy atom. The molecular weight excluding hydrogens is 506 g/mol. The minimum Gasteiger partial charge on any atom is -0.543 e. The molecule has 9 nitrogen and oxygen atoms in total. The Hall–Kier alpha value is -2.56. The van der Waals surface area contributed by atoms with Gasteiger partial charge in [-0.05, 0) is 36.4 Å². The van der Waals surface area contributed by atoms with Crippen LogP contribution in [0, 0.1) is 49.4 Å². The Labute approximate surface area is 200 Å². The summed E-state index contributed by atoms with van der Waals surface area (Å²) in [5.41, 5.74) is -0.0903. The first kappa shape index (κ1) is 25.4. The molecule has 10 heteroatoms. The molecule has 0 aromatic carbocycles. The predicted octanol–water partition coefficient (Wildman–Crippen LogP) is -1.66. The van der Waals surface area contributed by atoms with Crippen LogP contribution in [0.3, 0.4) is 0 Å². The topological polar surface area (TPSA) is 159 Å². The summed E-state index contributed by atoms with van der Waals surface area (Å²) in [5, 5.41) is 30.1. The van der Waals surface area contributed by atoms with E-state index in [9.17, 15) is 29.7 Å². The van der Waals surface area contributed by atoms with Crippen LogP contribution < -0.4 is 15.3 Å². The zero-order valence-corrected chi connectivity index (χ0v) is 16.5. The fraction of sp³-hybridized carbons (Fsp3) is 0. The maximum Gasteiger partial charge on any atom is 3.00 e. The Bertz CT molecular complexity index is 747. The number of nitrogens with zero attached hydrogens (tertiary/aromatic N) is 3. The number of hydrogen-bond donors (Lipinski definition) is 0. The molecule has 3 rings (SSSR count). The fourth-order valence-electron chi connectivity index (χ4n) is 1.45. The number of carbonyl (C=O) groups is 3. The summed E-state index contributed by atoms with van der Waals surface area (Å²) in [6, 6.07) is 13.9. The molecule has 0 amide bonds. The second-order valence-corrected chi connectivity index (χ2v) is 4.51. The average Bonchev–Trinajstić information content (AvgIpc) is 2.71. The van der Waals surface area contributed by atoms with Crippen LogP contribution in [0.4, 0.5) is 0 Å². The maximum atomic E-state index is 10.0. The van der Waals surface area contributed by atoms with Crippen LogP contribution in [0.2, 0.25) is 0 Å². The Kier molecular flexibility index (Phi) is 13.2. The third kappa shape index (κ3) is 10.6. The molecule has 0 aliphatic carbocycles. The molecule has 0 atom stereocenters. The van der Waals surface area contributed by atoms with Gasteiger partial charge in [0.15, 0.2) is 0 Å². The van der Waals surface area contributed by atoms with E-state index < -0.39 is 17.9 Å². The van der Waals surface area contributed by atoms with Crippen molar-refractivity contribution in [3.8, 4) is 0 Å². The number of aromatic carboxylic acids is 3. The monoisotopic (exact) mass is 519 g/mol. The molecule has 0 saturated heterocycles. The molecule has 28 heavy (non-hydrogen) atoms. The van der Waals surface area contributed by atoms with Crippen molar-refractivity contribution in [2.45, 2.75) is 0 Å². The van der Waals surface area contributed by atoms with Crippen molar-refractivity contribution < 1.29 is 79.1 Å². The van der Waals surface area contributed by atoms with Gasteiger partial charge in [-0.1, -0.05) is 18.2 Å². The van der Waals surface area contributed by atoms with Gasteiger partial charge in [0.25, 0.3) is 0 Å². The Morgan fingerprint density at radius 1 is 0.536 bits per heavy atom. The van der Waals surface area contributed by atoms with Gasteiger partial charge in [0.1, 0.15) is 0 Å². The third-order valence-electron chi connectivity index (χ3n) is 2.62. The zero-order chi connectivity index (χ0) is 20.1. The van der Waals surface area contributed by atoms with E-state index in [1.807, 2.05) is 0 Å². The predicted molar refractivity (Wildman–Crippen MR) is 85.7 cm³/mol. The SMILES string of the molecule is O=C([O-])c1ccccn1.O=C([O-])c1ccccn1.O=C([O-])c1ccccn1.[Eu+3]. The molecule has 0 aliphatic rings. The second-order valence-electron chi connectivity index (χ2n) is 4.51. The molecule has 0 unspecified atom stereocenters. The standard InChI is InChI=1S/3C6H5NO2.Eu/c3*8-6(9)5-3-1-2-4-7-5;/h3*1-4H,(H,8,9);/q;;;+3/p-3. The van der Waals surface area contributed by atoms with Gasteiger partial charge in [0.05, 0.1) is 35.0 Å². The van der Waals surface area contributed by atoms with Crippen molar-refractivity contribution in [3.63, 3.8) is 0 Å². The molecule has 0 radical (unpaired) electrons. The number of hydrogen-bond acceptors (Lipinski definition) is 9. The summed E-state index contributed by atoms with van der Waals surface area (Å²) in [5.74, 6) is -3.72. The van der Waals surface area contributed by atoms with Gasteiger partial charge in [-0.15, -0.1) is 0 Å². The summed E-state index contributed by atoms with van der Waals surface area (Å²) in [7, 11) is 0. The number of aromatic nitrogens is 3. The number of rotatable bonds is 3. The van der Waals surface area contributed by atoms with E-state index in [1.165, 1.54) is 36.8 Å². The van der Waals surface area contributed by atoms with Crippen LogP contribution in [-0.2, 0) is 0 Å². The van der Waals surface area contributed by atoms with Crippen molar-refractivity contribution in [1.82, 2.24) is 15.0 Å². The van der Waals surface area contributed by atoms with E-state index in [0.717, 1.165) is 0 Å². The van der Waals surface area contributed by atoms with Crippen molar-refractivity contribution in [1.29, 1.82) is 0 Å². The summed E-state index contributed by atoms with van der Waals surface area (Å²) >= 11 is 0. The molecule has 0 spiro atoms. The van der Waals surface area contributed by atoms with Gasteiger partial charge in [0, 0.05) is 18.6 Å². The van der Waals surface area contributed by atoms with Crippen LogP contribution in [0.25, 0.3) is 0 Å². The van der Waals surface area contributed by atoms with Gasteiger partial charge >= 0.3 is 49.4 Å². The van der Waals surface area contributed by atoms with E-state index in [2.05, 4.69) is 15.0 Å². The first-order chi connectivity index (χ1) is 12.9. The normalized spacial score (nSPS) is 8.57. The molecule has 0 fully saturated rings. The summed E-state index contributed by atoms with van der Waals surface area (Å²) < 4.78 is 0. The maximum absolute atomic E-state index is 10.0. The Balaban J connectivity index is 0.000000384. The molecule has 0 bridgehead atoms. The van der Waals surface area contributed by atoms with Crippen molar-refractivity contribution in [2.75, 3.05) is 0 Å². The summed E-state index contributed by atoms with van der Waals surface area (Å²) in [6.07, 6.45) is 4.22. The molecule has 3 heterocycles. The van der Waals surface area contributed by atoms with Gasteiger partial charge in [-0.3, -0.25) is 15.0 Å². The minimum absolute atomic E-state index is 0. The number of carboxylic acid groups (broad SMARTS) is 3. The van der Waals surface area contributed by atoms with Crippen LogP contribution >= 0.6 is 0 Å². The average molecular weight is 518 g/mol. The molecule has 3 aromatic heterocycles. The summed E-state index contributed by atoms with van der Waals surface area (Å²) in [4.78, 5) is 40.6. The molecule has 0 saturated carbocycles. The molecular formula is C18H12EuN3O6. The van der Waals surface area contributed by atoms with Crippen molar-refractivity contribution in [3.05, 3.63) is 90.3 Å². The first-order valence-electron chi connectivity index (χ1n) is 7.29. The zero-order valence-electron chi connectivity index (χ0n) is 14.1. The van der Waals surface area contributed by atoms with E-state index >= 15 is 0 Å². The quantitative estimate of drug-likeness (QED) is 0.395. The van der Waals surface area contributed by atoms with Crippen molar-refractivity contribution >= 4 is 17.9 Å². The largest absolute Gasteiger partial charge is 3.00 e. The van der Waals surface area contributed by atoms with E-state index in [-0.39, 0.29) is 66.5 Å². The van der Waals surface area contributed by atoms with Crippen LogP contribution in [0.1, 0.15) is 31.5 Å². The third-order valence-corrected chi connectivity index (χ3v) is 2.62. The van der Waals surface area contributed by atoms with E-state index in [0.29, 0.717) is 0 Å². The van der Waals surface area contributed by atoms with Gasteiger partial charge in [-0.25, -0.2) is 0 Å². The minimum atomic E-state index is -1.24. The van der Waals surface area contributed by atoms with E-state index in [4.69, 9.17) is 0 Å². The van der Waals surface area contributed by atoms with Gasteiger partial charge in [0.2, 0.25) is 0 Å². The molecule has 142 valence electrons. The Morgan fingerprint density at radius 3 is 0.893 bits per heavy atom. The number of pyridine rings is 3. The van der Waals surface area contributed by atoms with Crippen LogP contribution in [-0.4, -0.2) is 32.9 Å². The van der Waals surface area contributed by atoms with Crippen molar-refractivity contribution in [2.24, 2.45) is 0 Å². The van der Waals surface area contributed by atoms with Crippen LogP contribution in [0.5, 0.6) is 0 Å². The molecule has 3 aromatic rings. The fourth-order valence-corrected chi connectivity index (χ4v) is 1.45. The molecule has 0 aliphatic heterocycles. The smallest absolute Gasteiger partial charge is 0.543 e. The van der Waals surface area contributed by atoms with Gasteiger partial charge < -0.3 is 29.7 Å².